The quantitative estimate of drug-likeness (QED) is 0.582. The third kappa shape index (κ3) is 4.29. The zero-order chi connectivity index (χ0) is 13.1. The molecule has 0 saturated heterocycles. The van der Waals surface area contributed by atoms with E-state index in [9.17, 15) is 15.0 Å². The summed E-state index contributed by atoms with van der Waals surface area (Å²) >= 11 is 0. The molecule has 1 amide bonds. The molecule has 0 aliphatic rings. The molecule has 1 aromatic carbocycles. The van der Waals surface area contributed by atoms with Crippen molar-refractivity contribution in [3.63, 3.8) is 0 Å². The van der Waals surface area contributed by atoms with Gasteiger partial charge in [-0.2, -0.15) is 0 Å². The van der Waals surface area contributed by atoms with Crippen LogP contribution in [0.2, 0.25) is 0 Å². The van der Waals surface area contributed by atoms with E-state index in [1.807, 2.05) is 0 Å². The Morgan fingerprint density at radius 3 is 2.53 bits per heavy atom. The fraction of sp³-hybridized carbons (Fsp3) is 0.364. The number of aliphatic hydroxyl groups is 2. The zero-order valence-electron chi connectivity index (χ0n) is 9.94. The van der Waals surface area contributed by atoms with Gasteiger partial charge in [0.2, 0.25) is 11.8 Å². The van der Waals surface area contributed by atoms with Crippen LogP contribution in [0.25, 0.3) is 0 Å². The number of ether oxygens (including phenoxy) is 1. The molecule has 4 N–H and O–H groups in total. The molecule has 0 aliphatic carbocycles. The molecule has 0 fully saturated rings. The highest BCUT2D eigenvalue weighted by Gasteiger charge is 2.17. The number of carbonyl (C=O) groups is 1. The highest BCUT2D eigenvalue weighted by atomic mass is 16.5. The lowest BCUT2D eigenvalue weighted by atomic mass is 10.2. The second kappa shape index (κ2) is 5.03. The Labute approximate surface area is 99.2 Å². The van der Waals surface area contributed by atoms with E-state index in [4.69, 9.17) is 4.74 Å². The largest absolute Gasteiger partial charge is 0.495 e. The molecule has 6 heteroatoms. The second-order valence-corrected chi connectivity index (χ2v) is 3.74. The third-order valence-electron chi connectivity index (χ3n) is 1.89. The molecule has 0 aliphatic heterocycles. The van der Waals surface area contributed by atoms with Crippen molar-refractivity contribution in [2.24, 2.45) is 0 Å². The summed E-state index contributed by atoms with van der Waals surface area (Å²) in [7, 11) is 1.46. The molecule has 0 radical (unpaired) electrons. The average molecular weight is 240 g/mol. The highest BCUT2D eigenvalue weighted by molar-refractivity contribution is 5.89. The first-order valence-electron chi connectivity index (χ1n) is 5.00. The van der Waals surface area contributed by atoms with Gasteiger partial charge in [0.05, 0.1) is 12.8 Å². The summed E-state index contributed by atoms with van der Waals surface area (Å²) in [6, 6.07) is 4.81. The number of nitrogens with one attached hydrogen (secondary N) is 2. The van der Waals surface area contributed by atoms with Gasteiger partial charge >= 0.3 is 0 Å². The van der Waals surface area contributed by atoms with Crippen LogP contribution in [0.1, 0.15) is 13.8 Å². The van der Waals surface area contributed by atoms with Gasteiger partial charge in [-0.05, 0) is 18.2 Å². The van der Waals surface area contributed by atoms with Crippen molar-refractivity contribution >= 4 is 17.3 Å². The van der Waals surface area contributed by atoms with Gasteiger partial charge in [0.15, 0.2) is 0 Å². The van der Waals surface area contributed by atoms with Gasteiger partial charge in [-0.3, -0.25) is 4.79 Å². The van der Waals surface area contributed by atoms with Crippen LogP contribution in [0.15, 0.2) is 18.2 Å². The van der Waals surface area contributed by atoms with E-state index in [0.29, 0.717) is 17.1 Å². The number of methoxy groups -OCH3 is 1. The van der Waals surface area contributed by atoms with Gasteiger partial charge in [-0.1, -0.05) is 0 Å². The molecular formula is C11H16N2O4. The molecule has 1 aromatic rings. The number of benzene rings is 1. The Morgan fingerprint density at radius 2 is 2.06 bits per heavy atom. The maximum absolute atomic E-state index is 10.9. The molecular weight excluding hydrogens is 224 g/mol. The first-order valence-corrected chi connectivity index (χ1v) is 5.00. The topological polar surface area (TPSA) is 90.8 Å². The Kier molecular flexibility index (Phi) is 3.93. The van der Waals surface area contributed by atoms with Gasteiger partial charge in [0.25, 0.3) is 0 Å². The van der Waals surface area contributed by atoms with Crippen molar-refractivity contribution in [1.82, 2.24) is 0 Å². The molecule has 0 atom stereocenters. The molecule has 0 saturated carbocycles. The summed E-state index contributed by atoms with van der Waals surface area (Å²) in [6.45, 7) is 2.57. The summed E-state index contributed by atoms with van der Waals surface area (Å²) in [5.74, 6) is -1.84. The molecule has 0 unspecified atom stereocenters. The minimum absolute atomic E-state index is 0.211. The number of anilines is 2. The number of amides is 1. The molecule has 0 bridgehead atoms. The predicted molar refractivity (Wildman–Crippen MR) is 63.8 cm³/mol. The van der Waals surface area contributed by atoms with Crippen LogP contribution in [0.4, 0.5) is 11.4 Å². The molecule has 1 rings (SSSR count). The van der Waals surface area contributed by atoms with Crippen LogP contribution < -0.4 is 15.4 Å². The van der Waals surface area contributed by atoms with Crippen molar-refractivity contribution in [1.29, 1.82) is 0 Å². The molecule has 17 heavy (non-hydrogen) atoms. The normalized spacial score (nSPS) is 10.9. The number of hydrogen-bond acceptors (Lipinski definition) is 5. The van der Waals surface area contributed by atoms with Crippen LogP contribution in [0, 0.1) is 0 Å². The summed E-state index contributed by atoms with van der Waals surface area (Å²) in [6.07, 6.45) is 0. The number of carbonyl (C=O) groups excluding carboxylic acids is 1. The standard InChI is InChI=1S/C11H16N2O4/c1-7(14)12-8-4-5-10(17-3)9(6-8)13-11(2,15)16/h4-6,13,15-16H,1-3H3,(H,12,14). The van der Waals surface area contributed by atoms with Crippen molar-refractivity contribution < 1.29 is 19.7 Å². The van der Waals surface area contributed by atoms with E-state index >= 15 is 0 Å². The monoisotopic (exact) mass is 240 g/mol. The van der Waals surface area contributed by atoms with Gasteiger partial charge in [-0.25, -0.2) is 0 Å². The van der Waals surface area contributed by atoms with Gasteiger partial charge < -0.3 is 25.6 Å². The SMILES string of the molecule is COc1ccc(NC(C)=O)cc1NC(C)(O)O. The van der Waals surface area contributed by atoms with Crippen molar-refractivity contribution in [2.75, 3.05) is 17.7 Å². The molecule has 94 valence electrons. The smallest absolute Gasteiger partial charge is 0.241 e. The number of rotatable bonds is 4. The highest BCUT2D eigenvalue weighted by Crippen LogP contribution is 2.29. The lowest BCUT2D eigenvalue weighted by molar-refractivity contribution is -0.119. The van der Waals surface area contributed by atoms with Gasteiger partial charge in [-0.15, -0.1) is 0 Å². The molecule has 6 nitrogen and oxygen atoms in total. The second-order valence-electron chi connectivity index (χ2n) is 3.74. The third-order valence-corrected chi connectivity index (χ3v) is 1.89. The van der Waals surface area contributed by atoms with E-state index < -0.39 is 5.91 Å². The summed E-state index contributed by atoms with van der Waals surface area (Å²) in [5, 5.41) is 23.6. The van der Waals surface area contributed by atoms with Crippen molar-refractivity contribution in [3.05, 3.63) is 18.2 Å². The molecule has 0 spiro atoms. The van der Waals surface area contributed by atoms with Crippen molar-refractivity contribution in [3.8, 4) is 5.75 Å². The van der Waals surface area contributed by atoms with Crippen LogP contribution in [0.3, 0.4) is 0 Å². The van der Waals surface area contributed by atoms with E-state index in [-0.39, 0.29) is 5.91 Å². The van der Waals surface area contributed by atoms with E-state index in [2.05, 4.69) is 10.6 Å². The van der Waals surface area contributed by atoms with Crippen LogP contribution >= 0.6 is 0 Å². The van der Waals surface area contributed by atoms with E-state index in [1.165, 1.54) is 21.0 Å². The lowest BCUT2D eigenvalue weighted by Gasteiger charge is -2.21. The van der Waals surface area contributed by atoms with Crippen LogP contribution in [0.5, 0.6) is 5.75 Å². The Balaban J connectivity index is 3.02. The minimum Gasteiger partial charge on any atom is -0.495 e. The lowest BCUT2D eigenvalue weighted by Crippen LogP contribution is -2.33. The Hall–Kier alpha value is -1.79. The van der Waals surface area contributed by atoms with Crippen LogP contribution in [-0.4, -0.2) is 29.1 Å². The zero-order valence-corrected chi connectivity index (χ0v) is 9.94. The summed E-state index contributed by atoms with van der Waals surface area (Å²) in [4.78, 5) is 10.9. The summed E-state index contributed by atoms with van der Waals surface area (Å²) in [5.41, 5.74) is 0.899. The fourth-order valence-corrected chi connectivity index (χ4v) is 1.34. The molecule has 0 heterocycles. The first kappa shape index (κ1) is 13.3. The van der Waals surface area contributed by atoms with E-state index in [0.717, 1.165) is 0 Å². The Bertz CT molecular complexity index is 412. The maximum atomic E-state index is 10.9. The predicted octanol–water partition coefficient (Wildman–Crippen LogP) is 0.724. The number of hydrogen-bond donors (Lipinski definition) is 4. The van der Waals surface area contributed by atoms with Gasteiger partial charge in [0.1, 0.15) is 5.75 Å². The van der Waals surface area contributed by atoms with E-state index in [1.54, 1.807) is 18.2 Å². The first-order chi connectivity index (χ1) is 7.81. The molecule has 0 aromatic heterocycles. The van der Waals surface area contributed by atoms with Gasteiger partial charge in [0, 0.05) is 19.5 Å². The minimum atomic E-state index is -2.07. The fourth-order valence-electron chi connectivity index (χ4n) is 1.34. The summed E-state index contributed by atoms with van der Waals surface area (Å²) < 4.78 is 5.05. The maximum Gasteiger partial charge on any atom is 0.241 e. The Morgan fingerprint density at radius 1 is 1.41 bits per heavy atom. The van der Waals surface area contributed by atoms with Crippen LogP contribution in [-0.2, 0) is 4.79 Å². The average Bonchev–Trinajstić information content (AvgIpc) is 2.14. The van der Waals surface area contributed by atoms with Crippen molar-refractivity contribution in [2.45, 2.75) is 19.8 Å².